The van der Waals surface area contributed by atoms with Gasteiger partial charge in [-0.1, -0.05) is 18.2 Å². The SMILES string of the molecule is CSCC(C)(C)N(C(=O)c1cccc(I)c1C(N)=O)c1ccc(C(C(F)(F)F)C(F)(F)F)cc1C. The highest BCUT2D eigenvalue weighted by molar-refractivity contribution is 14.1. The largest absolute Gasteiger partial charge is 0.404 e. The summed E-state index contributed by atoms with van der Waals surface area (Å²) in [6.45, 7) is 4.75. The lowest BCUT2D eigenvalue weighted by molar-refractivity contribution is -0.253. The quantitative estimate of drug-likeness (QED) is 0.273. The predicted molar refractivity (Wildman–Crippen MR) is 133 cm³/mol. The zero-order chi connectivity index (χ0) is 26.9. The number of thioether (sulfide) groups is 1. The van der Waals surface area contributed by atoms with E-state index in [0.29, 0.717) is 9.32 Å². The molecular weight excluding hydrogens is 609 g/mol. The number of nitrogens with zero attached hydrogens (tertiary/aromatic N) is 1. The monoisotopic (exact) mass is 632 g/mol. The number of carbonyl (C=O) groups is 2. The van der Waals surface area contributed by atoms with Gasteiger partial charge in [-0.25, -0.2) is 0 Å². The fourth-order valence-corrected chi connectivity index (χ4v) is 5.47. The summed E-state index contributed by atoms with van der Waals surface area (Å²) in [7, 11) is 0. The Hall–Kier alpha value is -1.96. The first-order chi connectivity index (χ1) is 15.9. The maximum atomic E-state index is 13.8. The Labute approximate surface area is 216 Å². The molecule has 0 aliphatic heterocycles. The molecule has 0 fully saturated rings. The van der Waals surface area contributed by atoms with Crippen LogP contribution in [0.5, 0.6) is 0 Å². The molecule has 4 nitrogen and oxygen atoms in total. The van der Waals surface area contributed by atoms with E-state index in [0.717, 1.165) is 18.2 Å². The van der Waals surface area contributed by atoms with Gasteiger partial charge in [-0.15, -0.1) is 0 Å². The van der Waals surface area contributed by atoms with E-state index < -0.39 is 41.2 Å². The Kier molecular flexibility index (Phi) is 8.84. The normalized spacial score (nSPS) is 12.7. The van der Waals surface area contributed by atoms with E-state index in [1.807, 2.05) is 22.6 Å². The Bertz CT molecular complexity index is 1100. The number of rotatable bonds is 7. The zero-order valence-corrected chi connectivity index (χ0v) is 22.1. The molecule has 2 N–H and O–H groups in total. The zero-order valence-electron chi connectivity index (χ0n) is 19.1. The number of halogens is 7. The van der Waals surface area contributed by atoms with Crippen LogP contribution in [-0.4, -0.2) is 41.7 Å². The van der Waals surface area contributed by atoms with Gasteiger partial charge in [0.05, 0.1) is 16.7 Å². The summed E-state index contributed by atoms with van der Waals surface area (Å²) >= 11 is 3.25. The summed E-state index contributed by atoms with van der Waals surface area (Å²) in [6.07, 6.45) is -9.30. The molecule has 2 aromatic carbocycles. The number of aryl methyl sites for hydroxylation is 1. The van der Waals surface area contributed by atoms with Crippen molar-refractivity contribution in [2.75, 3.05) is 16.9 Å². The lowest BCUT2D eigenvalue weighted by atomic mass is 9.93. The molecule has 0 bridgehead atoms. The van der Waals surface area contributed by atoms with E-state index >= 15 is 0 Å². The highest BCUT2D eigenvalue weighted by Crippen LogP contribution is 2.47. The summed E-state index contributed by atoms with van der Waals surface area (Å²) < 4.78 is 80.0. The summed E-state index contributed by atoms with van der Waals surface area (Å²) in [5, 5.41) is 0. The highest BCUT2D eigenvalue weighted by Gasteiger charge is 2.57. The third kappa shape index (κ3) is 6.43. The van der Waals surface area contributed by atoms with Gasteiger partial charge in [0.2, 0.25) is 0 Å². The van der Waals surface area contributed by atoms with Gasteiger partial charge in [0.1, 0.15) is 0 Å². The second-order valence-electron chi connectivity index (χ2n) is 8.47. The van der Waals surface area contributed by atoms with E-state index in [1.165, 1.54) is 29.7 Å². The lowest BCUT2D eigenvalue weighted by Crippen LogP contribution is -2.50. The van der Waals surface area contributed by atoms with Gasteiger partial charge >= 0.3 is 12.4 Å². The van der Waals surface area contributed by atoms with Gasteiger partial charge in [-0.05, 0) is 78.9 Å². The number of hydrogen-bond acceptors (Lipinski definition) is 3. The molecule has 0 atom stereocenters. The van der Waals surface area contributed by atoms with E-state index in [2.05, 4.69) is 0 Å². The number of carbonyl (C=O) groups excluding carboxylic acids is 2. The fourth-order valence-electron chi connectivity index (χ4n) is 3.87. The molecule has 0 spiro atoms. The van der Waals surface area contributed by atoms with Crippen LogP contribution < -0.4 is 10.6 Å². The Morgan fingerprint density at radius 3 is 2.09 bits per heavy atom. The molecule has 2 amide bonds. The van der Waals surface area contributed by atoms with Crippen LogP contribution in [0, 0.1) is 10.5 Å². The number of benzene rings is 2. The number of amides is 2. The standard InChI is InChI=1S/C23H23F6IN2O2S/c1-12-10-13(18(22(24,25)26)23(27,28)29)8-9-16(12)32(21(2,3)11-35-4)20(34)14-6-5-7-15(30)17(14)19(31)33/h5-10,18H,11H2,1-4H3,(H2,31,33). The van der Waals surface area contributed by atoms with Crippen molar-refractivity contribution in [3.05, 3.63) is 62.2 Å². The molecule has 12 heteroatoms. The minimum absolute atomic E-state index is 0.0217. The van der Waals surface area contributed by atoms with Gasteiger partial charge in [-0.3, -0.25) is 9.59 Å². The molecule has 192 valence electrons. The highest BCUT2D eigenvalue weighted by atomic mass is 127. The van der Waals surface area contributed by atoms with Crippen molar-refractivity contribution < 1.29 is 35.9 Å². The molecule has 2 aromatic rings. The van der Waals surface area contributed by atoms with Crippen molar-refractivity contribution in [2.24, 2.45) is 5.73 Å². The molecule has 0 aromatic heterocycles. The molecule has 0 saturated heterocycles. The molecule has 0 radical (unpaired) electrons. The second-order valence-corrected chi connectivity index (χ2v) is 10.5. The first-order valence-corrected chi connectivity index (χ1v) is 12.6. The minimum Gasteiger partial charge on any atom is -0.366 e. The molecule has 2 rings (SSSR count). The van der Waals surface area contributed by atoms with Crippen molar-refractivity contribution in [2.45, 2.75) is 44.6 Å². The van der Waals surface area contributed by atoms with Gasteiger partial charge in [0, 0.05) is 15.0 Å². The van der Waals surface area contributed by atoms with E-state index in [4.69, 9.17) is 5.73 Å². The predicted octanol–water partition coefficient (Wildman–Crippen LogP) is 6.70. The maximum Gasteiger partial charge on any atom is 0.404 e. The van der Waals surface area contributed by atoms with Crippen molar-refractivity contribution >= 4 is 51.9 Å². The third-order valence-corrected chi connectivity index (χ3v) is 7.14. The van der Waals surface area contributed by atoms with Gasteiger partial charge < -0.3 is 10.6 Å². The van der Waals surface area contributed by atoms with Crippen LogP contribution in [0.15, 0.2) is 36.4 Å². The molecule has 0 aliphatic carbocycles. The lowest BCUT2D eigenvalue weighted by Gasteiger charge is -2.40. The molecular formula is C23H23F6IN2O2S. The Morgan fingerprint density at radius 2 is 1.63 bits per heavy atom. The summed E-state index contributed by atoms with van der Waals surface area (Å²) in [4.78, 5) is 27.2. The fraction of sp³-hybridized carbons (Fsp3) is 0.391. The number of anilines is 1. The van der Waals surface area contributed by atoms with Crippen LogP contribution in [-0.2, 0) is 0 Å². The Morgan fingerprint density at radius 1 is 1.06 bits per heavy atom. The van der Waals surface area contributed by atoms with Crippen LogP contribution in [0.1, 0.15) is 51.6 Å². The number of nitrogens with two attached hydrogens (primary N) is 1. The molecule has 0 heterocycles. The van der Waals surface area contributed by atoms with Gasteiger partial charge in [0.25, 0.3) is 11.8 Å². The second kappa shape index (κ2) is 10.6. The van der Waals surface area contributed by atoms with Crippen molar-refractivity contribution in [3.63, 3.8) is 0 Å². The summed E-state index contributed by atoms with van der Waals surface area (Å²) in [5.74, 6) is -4.78. The first kappa shape index (κ1) is 29.3. The average Bonchev–Trinajstić information content (AvgIpc) is 2.66. The first-order valence-electron chi connectivity index (χ1n) is 10.1. The molecule has 35 heavy (non-hydrogen) atoms. The summed E-state index contributed by atoms with van der Waals surface area (Å²) in [5.41, 5.74) is 3.69. The van der Waals surface area contributed by atoms with Crippen LogP contribution in [0.3, 0.4) is 0 Å². The third-order valence-electron chi connectivity index (χ3n) is 5.25. The number of primary amides is 1. The van der Waals surface area contributed by atoms with Crippen molar-refractivity contribution in [3.8, 4) is 0 Å². The van der Waals surface area contributed by atoms with E-state index in [1.54, 1.807) is 32.2 Å². The molecule has 0 aliphatic rings. The summed E-state index contributed by atoms with van der Waals surface area (Å²) in [6, 6.07) is 7.14. The van der Waals surface area contributed by atoms with Crippen LogP contribution >= 0.6 is 34.4 Å². The van der Waals surface area contributed by atoms with Gasteiger partial charge in [0.15, 0.2) is 5.92 Å². The topological polar surface area (TPSA) is 63.4 Å². The van der Waals surface area contributed by atoms with Crippen LogP contribution in [0.4, 0.5) is 32.0 Å². The molecule has 0 unspecified atom stereocenters. The number of alkyl halides is 6. The maximum absolute atomic E-state index is 13.8. The smallest absolute Gasteiger partial charge is 0.366 e. The number of hydrogen-bond donors (Lipinski definition) is 1. The van der Waals surface area contributed by atoms with Crippen molar-refractivity contribution in [1.29, 1.82) is 0 Å². The van der Waals surface area contributed by atoms with Crippen molar-refractivity contribution in [1.82, 2.24) is 0 Å². The average molecular weight is 632 g/mol. The van der Waals surface area contributed by atoms with E-state index in [9.17, 15) is 35.9 Å². The van der Waals surface area contributed by atoms with Crippen LogP contribution in [0.25, 0.3) is 0 Å². The van der Waals surface area contributed by atoms with Crippen LogP contribution in [0.2, 0.25) is 0 Å². The van der Waals surface area contributed by atoms with E-state index in [-0.39, 0.29) is 22.4 Å². The minimum atomic E-state index is -5.54. The Balaban J connectivity index is 2.74. The van der Waals surface area contributed by atoms with Gasteiger partial charge in [-0.2, -0.15) is 38.1 Å². The molecule has 0 saturated carbocycles.